The third kappa shape index (κ3) is 4.14. The smallest absolute Gasteiger partial charge is 0.418 e. The van der Waals surface area contributed by atoms with Gasteiger partial charge in [-0.3, -0.25) is 55.3 Å². The van der Waals surface area contributed by atoms with Crippen LogP contribution in [0.1, 0.15) is 6.92 Å². The Hall–Kier alpha value is -3.73. The number of carbonyl (C=O) groups excluding carboxylic acids is 1. The number of hydrogen-bond acceptors (Lipinski definition) is 13. The van der Waals surface area contributed by atoms with Crippen LogP contribution >= 0.6 is 0 Å². The summed E-state index contributed by atoms with van der Waals surface area (Å²) in [5.41, 5.74) is -3.08. The molecule has 0 radical (unpaired) electrons. The summed E-state index contributed by atoms with van der Waals surface area (Å²) in [5.74, 6) is -4.07. The lowest BCUT2D eigenvalue weighted by molar-refractivity contribution is -0.864. The zero-order valence-corrected chi connectivity index (χ0v) is 11.5. The maximum absolute atomic E-state index is 11.2. The van der Waals surface area contributed by atoms with Crippen LogP contribution in [0.25, 0.3) is 0 Å². The molecule has 0 aliphatic carbocycles. The number of nitrogens with zero attached hydrogens (tertiary/aromatic N) is 5. The highest BCUT2D eigenvalue weighted by atomic mass is 16.8. The van der Waals surface area contributed by atoms with Crippen molar-refractivity contribution in [3.8, 4) is 0 Å². The lowest BCUT2D eigenvalue weighted by Crippen LogP contribution is -2.55. The van der Waals surface area contributed by atoms with Crippen LogP contribution in [-0.2, 0) is 9.47 Å². The third-order valence-corrected chi connectivity index (χ3v) is 2.40. The number of rotatable bonds is 9. The second-order valence-electron chi connectivity index (χ2n) is 4.12. The van der Waals surface area contributed by atoms with E-state index < -0.39 is 55.4 Å². The molecule has 0 atom stereocenters. The van der Waals surface area contributed by atoms with Gasteiger partial charge in [0.05, 0.1) is 6.92 Å². The zero-order chi connectivity index (χ0) is 19.3. The standard InChI is InChI=1S/C6H7N5O13/c1-5(8(15)16,9(17)18)3-23-4(12)24-6(10(19)20,11(21)22)2-7(13)14/h2-3H2,1H3. The fourth-order valence-corrected chi connectivity index (χ4v) is 0.988. The van der Waals surface area contributed by atoms with E-state index in [0.29, 0.717) is 6.92 Å². The molecule has 0 amide bonds. The van der Waals surface area contributed by atoms with E-state index in [-0.39, 0.29) is 0 Å². The average molecular weight is 357 g/mol. The number of nitro groups is 5. The Balaban J connectivity index is 5.33. The second-order valence-corrected chi connectivity index (χ2v) is 4.12. The normalized spacial score (nSPS) is 11.2. The van der Waals surface area contributed by atoms with Crippen LogP contribution in [0.15, 0.2) is 0 Å². The molecule has 0 spiro atoms. The summed E-state index contributed by atoms with van der Waals surface area (Å²) in [6, 6.07) is 0. The molecule has 0 bridgehead atoms. The van der Waals surface area contributed by atoms with E-state index in [1.54, 1.807) is 0 Å². The van der Waals surface area contributed by atoms with Crippen LogP contribution in [0.3, 0.4) is 0 Å². The molecule has 18 heteroatoms. The summed E-state index contributed by atoms with van der Waals surface area (Å²) < 4.78 is 7.57. The van der Waals surface area contributed by atoms with Crippen LogP contribution in [0.2, 0.25) is 0 Å². The fourth-order valence-electron chi connectivity index (χ4n) is 0.988. The minimum absolute atomic E-state index is 0.408. The van der Waals surface area contributed by atoms with E-state index in [1.807, 2.05) is 0 Å². The summed E-state index contributed by atoms with van der Waals surface area (Å²) in [5, 5.41) is 52.7. The van der Waals surface area contributed by atoms with Gasteiger partial charge in [-0.25, -0.2) is 4.79 Å². The van der Waals surface area contributed by atoms with Gasteiger partial charge in [-0.1, -0.05) is 0 Å². The maximum atomic E-state index is 11.2. The van der Waals surface area contributed by atoms with Crippen LogP contribution in [-0.4, -0.2) is 55.4 Å². The number of ether oxygens (including phenoxy) is 2. The van der Waals surface area contributed by atoms with Gasteiger partial charge in [0.25, 0.3) is 0 Å². The highest BCUT2D eigenvalue weighted by Gasteiger charge is 2.68. The van der Waals surface area contributed by atoms with Crippen molar-refractivity contribution in [3.05, 3.63) is 50.6 Å². The quantitative estimate of drug-likeness (QED) is 0.205. The van der Waals surface area contributed by atoms with Crippen LogP contribution < -0.4 is 0 Å². The molecular weight excluding hydrogens is 350 g/mol. The van der Waals surface area contributed by atoms with Gasteiger partial charge in [-0.15, -0.1) is 0 Å². The van der Waals surface area contributed by atoms with Crippen molar-refractivity contribution < 1.29 is 38.9 Å². The van der Waals surface area contributed by atoms with Gasteiger partial charge >= 0.3 is 24.2 Å². The molecule has 0 fully saturated rings. The average Bonchev–Trinajstić information content (AvgIpc) is 2.42. The Bertz CT molecular complexity index is 572. The largest absolute Gasteiger partial charge is 0.690 e. The third-order valence-electron chi connectivity index (χ3n) is 2.40. The van der Waals surface area contributed by atoms with Gasteiger partial charge in [0, 0.05) is 4.92 Å². The lowest BCUT2D eigenvalue weighted by atomic mass is 10.2. The first-order valence-corrected chi connectivity index (χ1v) is 5.35. The Morgan fingerprint density at radius 3 is 1.58 bits per heavy atom. The van der Waals surface area contributed by atoms with Crippen LogP contribution in [0.4, 0.5) is 4.79 Å². The zero-order valence-electron chi connectivity index (χ0n) is 11.5. The van der Waals surface area contributed by atoms with Gasteiger partial charge in [0.15, 0.2) is 0 Å². The first-order valence-electron chi connectivity index (χ1n) is 5.35. The van der Waals surface area contributed by atoms with Crippen molar-refractivity contribution >= 4 is 6.16 Å². The first kappa shape index (κ1) is 20.3. The molecule has 0 aromatic carbocycles. The molecule has 18 nitrogen and oxygen atoms in total. The van der Waals surface area contributed by atoms with Crippen molar-refractivity contribution in [1.29, 1.82) is 0 Å². The fraction of sp³-hybridized carbons (Fsp3) is 0.833. The monoisotopic (exact) mass is 357 g/mol. The molecule has 0 rings (SSSR count). The topological polar surface area (TPSA) is 251 Å². The lowest BCUT2D eigenvalue weighted by Gasteiger charge is -2.15. The van der Waals surface area contributed by atoms with Gasteiger partial charge in [-0.05, 0) is 0 Å². The van der Waals surface area contributed by atoms with Crippen molar-refractivity contribution in [3.63, 3.8) is 0 Å². The molecule has 0 heterocycles. The molecule has 24 heavy (non-hydrogen) atoms. The van der Waals surface area contributed by atoms with Crippen molar-refractivity contribution in [2.24, 2.45) is 0 Å². The van der Waals surface area contributed by atoms with Crippen LogP contribution in [0.5, 0.6) is 0 Å². The van der Waals surface area contributed by atoms with E-state index in [2.05, 4.69) is 9.47 Å². The Kier molecular flexibility index (Phi) is 5.93. The molecule has 0 aliphatic heterocycles. The Morgan fingerprint density at radius 2 is 1.29 bits per heavy atom. The van der Waals surface area contributed by atoms with E-state index in [9.17, 15) is 55.4 Å². The molecule has 0 aromatic rings. The van der Waals surface area contributed by atoms with Crippen LogP contribution in [0, 0.1) is 50.6 Å². The maximum Gasteiger partial charge on any atom is 0.690 e. The van der Waals surface area contributed by atoms with Crippen molar-refractivity contribution in [2.75, 3.05) is 13.2 Å². The highest BCUT2D eigenvalue weighted by molar-refractivity contribution is 5.60. The molecule has 0 saturated carbocycles. The second kappa shape index (κ2) is 7.02. The van der Waals surface area contributed by atoms with Crippen molar-refractivity contribution in [2.45, 2.75) is 18.4 Å². The molecular formula is C6H7N5O13. The van der Waals surface area contributed by atoms with Gasteiger partial charge < -0.3 is 4.74 Å². The summed E-state index contributed by atoms with van der Waals surface area (Å²) >= 11 is 0. The molecule has 134 valence electrons. The molecule has 0 saturated heterocycles. The van der Waals surface area contributed by atoms with E-state index in [4.69, 9.17) is 0 Å². The Morgan fingerprint density at radius 1 is 0.875 bits per heavy atom. The SMILES string of the molecule is CC(COC(=O)OC(C[N+](=O)[O-])([N+](=O)[O-])[N+](=O)[O-])([N+](=O)[O-])[N+](=O)[O-]. The molecule has 0 aromatic heterocycles. The number of hydrogen-bond donors (Lipinski definition) is 0. The highest BCUT2D eigenvalue weighted by Crippen LogP contribution is 2.17. The minimum Gasteiger partial charge on any atom is -0.418 e. The van der Waals surface area contributed by atoms with Gasteiger partial charge in [0.1, 0.15) is 19.7 Å². The molecule has 0 unspecified atom stereocenters. The Labute approximate surface area is 128 Å². The van der Waals surface area contributed by atoms with Gasteiger partial charge in [-0.2, -0.15) is 0 Å². The molecule has 0 N–H and O–H groups in total. The van der Waals surface area contributed by atoms with E-state index >= 15 is 0 Å². The van der Waals surface area contributed by atoms with E-state index in [1.165, 1.54) is 0 Å². The summed E-state index contributed by atoms with van der Waals surface area (Å²) in [6.07, 6.45) is -2.32. The first-order chi connectivity index (χ1) is 10.8. The summed E-state index contributed by atoms with van der Waals surface area (Å²) in [7, 11) is 0. The summed E-state index contributed by atoms with van der Waals surface area (Å²) in [4.78, 5) is 55.7. The predicted molar refractivity (Wildman–Crippen MR) is 63.4 cm³/mol. The summed E-state index contributed by atoms with van der Waals surface area (Å²) in [6.45, 7) is -3.30. The van der Waals surface area contributed by atoms with Crippen molar-refractivity contribution in [1.82, 2.24) is 0 Å². The van der Waals surface area contributed by atoms with Gasteiger partial charge in [0.2, 0.25) is 6.61 Å². The van der Waals surface area contributed by atoms with E-state index in [0.717, 1.165) is 0 Å². The predicted octanol–water partition coefficient (Wildman–Crippen LogP) is -1.11. The molecule has 0 aliphatic rings. The number of carbonyl (C=O) groups is 1. The minimum atomic E-state index is -4.07.